The summed E-state index contributed by atoms with van der Waals surface area (Å²) < 4.78 is 15.6. The van der Waals surface area contributed by atoms with E-state index in [1.54, 1.807) is 6.08 Å². The fourth-order valence-electron chi connectivity index (χ4n) is 5.25. The van der Waals surface area contributed by atoms with Crippen molar-refractivity contribution in [2.24, 2.45) is 0 Å². The summed E-state index contributed by atoms with van der Waals surface area (Å²) in [5.41, 5.74) is 2.32. The first kappa shape index (κ1) is 24.6. The Labute approximate surface area is 201 Å². The Kier molecular flexibility index (Phi) is 7.85. The van der Waals surface area contributed by atoms with Crippen LogP contribution in [0.3, 0.4) is 0 Å². The maximum atomic E-state index is 13.4. The van der Waals surface area contributed by atoms with E-state index in [0.29, 0.717) is 32.7 Å². The van der Waals surface area contributed by atoms with Crippen molar-refractivity contribution in [1.29, 1.82) is 0 Å². The number of likely N-dealkylation sites (tertiary alicyclic amines) is 2. The number of hydrogen-bond acceptors (Lipinski definition) is 8. The Morgan fingerprint density at radius 1 is 1.24 bits per heavy atom. The Bertz CT molecular complexity index is 872. The first-order valence-electron chi connectivity index (χ1n) is 12.2. The SMILES string of the molecule is C=CC=C1/C(=C\CC)CN(C2CCC(=O)N(COC(=O)OCCN3CCOCC3)C2=O)C12CC2. The lowest BCUT2D eigenvalue weighted by atomic mass is 9.98. The molecule has 4 fully saturated rings. The summed E-state index contributed by atoms with van der Waals surface area (Å²) in [6.07, 6.45) is 8.79. The molecule has 186 valence electrons. The van der Waals surface area contributed by atoms with E-state index in [0.717, 1.165) is 37.3 Å². The lowest BCUT2D eigenvalue weighted by Crippen LogP contribution is -2.57. The van der Waals surface area contributed by atoms with Crippen molar-refractivity contribution in [3.8, 4) is 0 Å². The van der Waals surface area contributed by atoms with Gasteiger partial charge in [-0.15, -0.1) is 0 Å². The molecule has 34 heavy (non-hydrogen) atoms. The van der Waals surface area contributed by atoms with Crippen LogP contribution in [0, 0.1) is 0 Å². The molecule has 4 aliphatic rings. The summed E-state index contributed by atoms with van der Waals surface area (Å²) in [5, 5.41) is 0. The Morgan fingerprint density at radius 3 is 2.68 bits per heavy atom. The number of carbonyl (C=O) groups excluding carboxylic acids is 3. The molecule has 0 aromatic rings. The largest absolute Gasteiger partial charge is 0.510 e. The third-order valence-corrected chi connectivity index (χ3v) is 7.10. The zero-order valence-electron chi connectivity index (χ0n) is 20.0. The molecule has 3 heterocycles. The molecular weight excluding hydrogens is 438 g/mol. The molecular formula is C25H35N3O6. The van der Waals surface area contributed by atoms with Gasteiger partial charge in [-0.05, 0) is 36.8 Å². The minimum absolute atomic E-state index is 0.152. The van der Waals surface area contributed by atoms with Crippen molar-refractivity contribution in [3.05, 3.63) is 36.0 Å². The monoisotopic (exact) mass is 473 g/mol. The van der Waals surface area contributed by atoms with Crippen LogP contribution in [-0.2, 0) is 23.8 Å². The van der Waals surface area contributed by atoms with E-state index in [1.165, 1.54) is 11.1 Å². The average molecular weight is 474 g/mol. The molecule has 1 aliphatic carbocycles. The van der Waals surface area contributed by atoms with Crippen molar-refractivity contribution in [2.75, 3.05) is 52.7 Å². The quantitative estimate of drug-likeness (QED) is 0.392. The summed E-state index contributed by atoms with van der Waals surface area (Å²) in [6, 6.07) is -0.419. The molecule has 4 rings (SSSR count). The van der Waals surface area contributed by atoms with Crippen molar-refractivity contribution < 1.29 is 28.6 Å². The van der Waals surface area contributed by atoms with Gasteiger partial charge < -0.3 is 14.2 Å². The highest BCUT2D eigenvalue weighted by molar-refractivity contribution is 6.00. The first-order valence-corrected chi connectivity index (χ1v) is 12.2. The normalized spacial score (nSPS) is 27.6. The molecule has 0 radical (unpaired) electrons. The summed E-state index contributed by atoms with van der Waals surface area (Å²) in [4.78, 5) is 43.4. The van der Waals surface area contributed by atoms with Gasteiger partial charge in [0.15, 0.2) is 6.73 Å². The molecule has 0 aromatic heterocycles. The van der Waals surface area contributed by atoms with E-state index in [2.05, 4.69) is 35.5 Å². The molecule has 0 N–H and O–H groups in total. The molecule has 2 amide bonds. The Balaban J connectivity index is 1.34. The van der Waals surface area contributed by atoms with E-state index >= 15 is 0 Å². The zero-order valence-corrected chi connectivity index (χ0v) is 20.0. The smallest absolute Gasteiger partial charge is 0.433 e. The van der Waals surface area contributed by atoms with E-state index < -0.39 is 18.9 Å². The topological polar surface area (TPSA) is 88.6 Å². The minimum Gasteiger partial charge on any atom is -0.433 e. The second kappa shape index (κ2) is 10.8. The fourth-order valence-corrected chi connectivity index (χ4v) is 5.25. The maximum absolute atomic E-state index is 13.4. The molecule has 9 heteroatoms. The van der Waals surface area contributed by atoms with Gasteiger partial charge in [0, 0.05) is 38.1 Å². The van der Waals surface area contributed by atoms with Crippen LogP contribution in [0.2, 0.25) is 0 Å². The molecule has 1 saturated carbocycles. The highest BCUT2D eigenvalue weighted by Gasteiger charge is 2.59. The van der Waals surface area contributed by atoms with Crippen molar-refractivity contribution in [3.63, 3.8) is 0 Å². The lowest BCUT2D eigenvalue weighted by Gasteiger charge is -2.38. The van der Waals surface area contributed by atoms with E-state index in [9.17, 15) is 14.4 Å². The minimum atomic E-state index is -0.875. The van der Waals surface area contributed by atoms with E-state index in [4.69, 9.17) is 14.2 Å². The predicted molar refractivity (Wildman–Crippen MR) is 125 cm³/mol. The van der Waals surface area contributed by atoms with Crippen LogP contribution >= 0.6 is 0 Å². The lowest BCUT2D eigenvalue weighted by molar-refractivity contribution is -0.158. The number of amides is 2. The van der Waals surface area contributed by atoms with Crippen LogP contribution in [0.4, 0.5) is 4.79 Å². The average Bonchev–Trinajstić information content (AvgIpc) is 3.57. The Hall–Kier alpha value is -2.49. The second-order valence-electron chi connectivity index (χ2n) is 9.15. The molecule has 9 nitrogen and oxygen atoms in total. The fraction of sp³-hybridized carbons (Fsp3) is 0.640. The number of hydrogen-bond donors (Lipinski definition) is 0. The summed E-state index contributed by atoms with van der Waals surface area (Å²) >= 11 is 0. The second-order valence-corrected chi connectivity index (χ2v) is 9.15. The van der Waals surface area contributed by atoms with Crippen molar-refractivity contribution in [2.45, 2.75) is 50.6 Å². The van der Waals surface area contributed by atoms with Gasteiger partial charge >= 0.3 is 6.16 Å². The molecule has 3 saturated heterocycles. The van der Waals surface area contributed by atoms with Gasteiger partial charge in [0.05, 0.1) is 19.3 Å². The van der Waals surface area contributed by atoms with Gasteiger partial charge in [0.25, 0.3) is 0 Å². The molecule has 0 aromatic carbocycles. The Morgan fingerprint density at radius 2 is 2.00 bits per heavy atom. The van der Waals surface area contributed by atoms with E-state index in [1.807, 2.05) is 0 Å². The van der Waals surface area contributed by atoms with Crippen LogP contribution in [0.5, 0.6) is 0 Å². The maximum Gasteiger partial charge on any atom is 0.510 e. The van der Waals surface area contributed by atoms with Crippen LogP contribution in [0.25, 0.3) is 0 Å². The molecule has 1 atom stereocenters. The van der Waals surface area contributed by atoms with Crippen LogP contribution in [0.15, 0.2) is 36.0 Å². The van der Waals surface area contributed by atoms with Crippen LogP contribution in [-0.4, -0.2) is 97.0 Å². The zero-order chi connectivity index (χ0) is 24.1. The van der Waals surface area contributed by atoms with Gasteiger partial charge in [-0.1, -0.05) is 31.7 Å². The summed E-state index contributed by atoms with van der Waals surface area (Å²) in [5.74, 6) is -0.628. The number of nitrogens with zero attached hydrogens (tertiary/aromatic N) is 3. The third kappa shape index (κ3) is 5.11. The van der Waals surface area contributed by atoms with E-state index in [-0.39, 0.29) is 30.4 Å². The third-order valence-electron chi connectivity index (χ3n) is 7.10. The van der Waals surface area contributed by atoms with Gasteiger partial charge in [-0.2, -0.15) is 0 Å². The standard InChI is InChI=1S/C25H35N3O6/c1-3-5-19-17-28(25(9-10-25)20(19)6-4-2)21-7-8-22(29)27(23(21)30)18-34-24(31)33-16-13-26-11-14-32-15-12-26/h4-6,21H,2-3,7-18H2,1H3/b19-5-,20-6?. The highest BCUT2D eigenvalue weighted by Crippen LogP contribution is 2.56. The number of rotatable bonds is 8. The predicted octanol–water partition coefficient (Wildman–Crippen LogP) is 2.24. The van der Waals surface area contributed by atoms with Crippen molar-refractivity contribution in [1.82, 2.24) is 14.7 Å². The van der Waals surface area contributed by atoms with Crippen LogP contribution in [0.1, 0.15) is 39.0 Å². The molecule has 1 unspecified atom stereocenters. The molecule has 1 spiro atoms. The number of carbonyl (C=O) groups is 3. The number of allylic oxidation sites excluding steroid dienone is 3. The molecule has 3 aliphatic heterocycles. The number of piperidine rings is 1. The van der Waals surface area contributed by atoms with Crippen LogP contribution < -0.4 is 0 Å². The molecule has 0 bridgehead atoms. The van der Waals surface area contributed by atoms with Crippen molar-refractivity contribution >= 4 is 18.0 Å². The number of imide groups is 1. The van der Waals surface area contributed by atoms with Gasteiger partial charge in [0.2, 0.25) is 11.8 Å². The van der Waals surface area contributed by atoms with Gasteiger partial charge in [0.1, 0.15) is 6.61 Å². The summed E-state index contributed by atoms with van der Waals surface area (Å²) in [6.45, 7) is 9.94. The summed E-state index contributed by atoms with van der Waals surface area (Å²) in [7, 11) is 0. The van der Waals surface area contributed by atoms with Gasteiger partial charge in [-0.25, -0.2) is 9.69 Å². The first-order chi connectivity index (χ1) is 16.5. The van der Waals surface area contributed by atoms with Gasteiger partial charge in [-0.3, -0.25) is 19.4 Å². The highest BCUT2D eigenvalue weighted by atomic mass is 16.7. The number of morpholine rings is 1. The number of ether oxygens (including phenoxy) is 3.